The van der Waals surface area contributed by atoms with Gasteiger partial charge in [0.05, 0.1) is 18.2 Å². The summed E-state index contributed by atoms with van der Waals surface area (Å²) in [5, 5.41) is 20.4. The Bertz CT molecular complexity index is 2090. The van der Waals surface area contributed by atoms with Crippen molar-refractivity contribution in [2.24, 2.45) is 0 Å². The van der Waals surface area contributed by atoms with E-state index in [1.165, 1.54) is 22.7 Å². The number of aromatic nitrogens is 2. The zero-order valence-corrected chi connectivity index (χ0v) is 28.3. The number of rotatable bonds is 11. The zero-order chi connectivity index (χ0) is 34.6. The summed E-state index contributed by atoms with van der Waals surface area (Å²) in [5.74, 6) is -0.467. The van der Waals surface area contributed by atoms with Crippen molar-refractivity contribution in [2.75, 3.05) is 24.7 Å². The molecule has 1 atom stereocenters. The lowest BCUT2D eigenvalue weighted by molar-refractivity contribution is -0.132. The molecule has 0 radical (unpaired) electrons. The Hall–Kier alpha value is -5.40. The molecule has 0 bridgehead atoms. The van der Waals surface area contributed by atoms with Crippen LogP contribution in [-0.4, -0.2) is 46.8 Å². The third-order valence-corrected chi connectivity index (χ3v) is 10.1. The molecule has 1 saturated heterocycles. The number of carbonyl (C=O) groups excluding carboxylic acids is 2. The second-order valence-corrected chi connectivity index (χ2v) is 13.4. The molecule has 2 aliphatic rings. The van der Waals surface area contributed by atoms with Gasteiger partial charge in [-0.05, 0) is 60.0 Å². The van der Waals surface area contributed by atoms with Gasteiger partial charge in [0, 0.05) is 11.3 Å². The molecule has 254 valence electrons. The molecule has 1 fully saturated rings. The van der Waals surface area contributed by atoms with Gasteiger partial charge in [-0.3, -0.25) is 14.5 Å². The van der Waals surface area contributed by atoms with Gasteiger partial charge in [0.1, 0.15) is 31.4 Å². The fourth-order valence-electron chi connectivity index (χ4n) is 5.62. The first kappa shape index (κ1) is 33.1. The number of anilines is 1. The summed E-state index contributed by atoms with van der Waals surface area (Å²) in [7, 11) is 0. The van der Waals surface area contributed by atoms with Gasteiger partial charge in [-0.1, -0.05) is 77.7 Å². The zero-order valence-electron chi connectivity index (χ0n) is 26.7. The minimum atomic E-state index is -1.11. The maximum absolute atomic E-state index is 14.3. The fraction of sp³-hybridized carbons (Fsp3) is 0.189. The highest BCUT2D eigenvalue weighted by Crippen LogP contribution is 2.46. The maximum atomic E-state index is 14.3. The highest BCUT2D eigenvalue weighted by Gasteiger charge is 2.48. The lowest BCUT2D eigenvalue weighted by Crippen LogP contribution is -2.29. The molecule has 5 aromatic rings. The number of thioether (sulfide) groups is 1. The first-order chi connectivity index (χ1) is 24.4. The number of carbonyl (C=O) groups is 2. The summed E-state index contributed by atoms with van der Waals surface area (Å²) >= 11 is 2.34. The lowest BCUT2D eigenvalue weighted by atomic mass is 9.95. The molecule has 3 heterocycles. The van der Waals surface area contributed by atoms with E-state index in [0.717, 1.165) is 16.9 Å². The molecule has 1 aromatic heterocycles. The molecule has 7 rings (SSSR count). The highest BCUT2D eigenvalue weighted by molar-refractivity contribution is 8.00. The molecule has 0 saturated carbocycles. The van der Waals surface area contributed by atoms with Gasteiger partial charge in [-0.2, -0.15) is 0 Å². The minimum Gasteiger partial charge on any atom is -0.507 e. The van der Waals surface area contributed by atoms with Crippen LogP contribution >= 0.6 is 23.1 Å². The minimum absolute atomic E-state index is 0.136. The van der Waals surface area contributed by atoms with E-state index in [2.05, 4.69) is 10.2 Å². The monoisotopic (exact) mass is 711 g/mol. The van der Waals surface area contributed by atoms with Gasteiger partial charge in [-0.25, -0.2) is 4.39 Å². The van der Waals surface area contributed by atoms with E-state index in [4.69, 9.17) is 18.9 Å². The highest BCUT2D eigenvalue weighted by atomic mass is 32.2. The number of benzene rings is 4. The number of hydrogen-bond donors (Lipinski definition) is 1. The molecule has 2 aliphatic heterocycles. The number of fused-ring (bicyclic) bond motifs is 1. The topological polar surface area (TPSA) is 120 Å². The van der Waals surface area contributed by atoms with Crippen LogP contribution in [-0.2, 0) is 21.9 Å². The maximum Gasteiger partial charge on any atom is 0.301 e. The first-order valence-corrected chi connectivity index (χ1v) is 17.6. The van der Waals surface area contributed by atoms with Crippen LogP contribution in [0.2, 0.25) is 0 Å². The third kappa shape index (κ3) is 6.74. The van der Waals surface area contributed by atoms with Gasteiger partial charge in [0.15, 0.2) is 27.3 Å². The van der Waals surface area contributed by atoms with E-state index in [1.54, 1.807) is 54.6 Å². The molecule has 0 spiro atoms. The predicted molar refractivity (Wildman–Crippen MR) is 186 cm³/mol. The van der Waals surface area contributed by atoms with E-state index < -0.39 is 23.5 Å². The molecular formula is C37H30FN3O7S2. The van der Waals surface area contributed by atoms with Crippen LogP contribution in [0.3, 0.4) is 0 Å². The number of ether oxygens (including phenoxy) is 4. The van der Waals surface area contributed by atoms with Crippen LogP contribution < -0.4 is 23.8 Å². The number of nitrogens with zero attached hydrogens (tertiary/aromatic N) is 3. The molecule has 13 heteroatoms. The summed E-state index contributed by atoms with van der Waals surface area (Å²) in [6.45, 7) is 3.17. The Morgan fingerprint density at radius 2 is 1.72 bits per heavy atom. The predicted octanol–water partition coefficient (Wildman–Crippen LogP) is 7.34. The van der Waals surface area contributed by atoms with Crippen molar-refractivity contribution in [3.63, 3.8) is 0 Å². The smallest absolute Gasteiger partial charge is 0.301 e. The van der Waals surface area contributed by atoms with Crippen molar-refractivity contribution in [3.05, 3.63) is 125 Å². The summed E-state index contributed by atoms with van der Waals surface area (Å²) in [6.07, 6.45) is 0. The Balaban J connectivity index is 1.28. The standard InChI is InChI=1S/C37H30FN3O7S2/c1-2-45-29-18-23(12-14-28(29)48-20-22-8-4-3-5-9-22)32-31(33(42)24-13-15-27-30(19-24)47-17-16-46-27)34(43)35(44)41(32)36-39-40-37(50-36)49-21-25-10-6-7-11-26(25)38/h3-15,18-19,32,42H,2,16-17,20-21H2,1H3/t32-/m0/s1. The first-order valence-electron chi connectivity index (χ1n) is 15.8. The number of halogens is 1. The molecule has 1 N–H and O–H groups in total. The van der Waals surface area contributed by atoms with E-state index in [9.17, 15) is 19.1 Å². The third-order valence-electron chi connectivity index (χ3n) is 7.99. The normalized spacial score (nSPS) is 16.4. The van der Waals surface area contributed by atoms with Crippen LogP contribution in [0.1, 0.15) is 35.2 Å². The van der Waals surface area contributed by atoms with Crippen LogP contribution in [0.25, 0.3) is 5.76 Å². The Labute approximate surface area is 295 Å². The number of ketones is 1. The van der Waals surface area contributed by atoms with Crippen molar-refractivity contribution in [2.45, 2.75) is 29.7 Å². The molecule has 10 nitrogen and oxygen atoms in total. The van der Waals surface area contributed by atoms with E-state index in [1.807, 2.05) is 37.3 Å². The molecular weight excluding hydrogens is 682 g/mol. The van der Waals surface area contributed by atoms with Crippen LogP contribution in [0.15, 0.2) is 101 Å². The number of aliphatic hydroxyl groups excluding tert-OH is 1. The SMILES string of the molecule is CCOc1cc([C@H]2C(=C(O)c3ccc4c(c3)OCCO4)C(=O)C(=O)N2c2nnc(SCc3ccccc3F)s2)ccc1OCc1ccccc1. The van der Waals surface area contributed by atoms with Crippen molar-refractivity contribution >= 4 is 45.7 Å². The number of Topliss-reactive ketones (excluding diaryl/α,β-unsaturated/α-hetero) is 1. The van der Waals surface area contributed by atoms with Gasteiger partial charge in [0.2, 0.25) is 5.13 Å². The van der Waals surface area contributed by atoms with E-state index in [-0.39, 0.29) is 27.8 Å². The van der Waals surface area contributed by atoms with Crippen LogP contribution in [0.4, 0.5) is 9.52 Å². The van der Waals surface area contributed by atoms with E-state index in [0.29, 0.717) is 64.9 Å². The van der Waals surface area contributed by atoms with Gasteiger partial charge >= 0.3 is 5.91 Å². The average Bonchev–Trinajstić information content (AvgIpc) is 3.72. The molecule has 0 aliphatic carbocycles. The largest absolute Gasteiger partial charge is 0.507 e. The van der Waals surface area contributed by atoms with Gasteiger partial charge < -0.3 is 24.1 Å². The summed E-state index contributed by atoms with van der Waals surface area (Å²) in [4.78, 5) is 28.9. The molecule has 0 unspecified atom stereocenters. The molecule has 1 amide bonds. The lowest BCUT2D eigenvalue weighted by Gasteiger charge is -2.24. The van der Waals surface area contributed by atoms with Crippen molar-refractivity contribution in [1.82, 2.24) is 10.2 Å². The molecule has 50 heavy (non-hydrogen) atoms. The van der Waals surface area contributed by atoms with Crippen molar-refractivity contribution < 1.29 is 38.0 Å². The van der Waals surface area contributed by atoms with Gasteiger partial charge in [0.25, 0.3) is 5.78 Å². The number of amides is 1. The summed E-state index contributed by atoms with van der Waals surface area (Å²) < 4.78 is 38.2. The van der Waals surface area contributed by atoms with Gasteiger partial charge in [-0.15, -0.1) is 10.2 Å². The average molecular weight is 712 g/mol. The van der Waals surface area contributed by atoms with Crippen molar-refractivity contribution in [1.29, 1.82) is 0 Å². The van der Waals surface area contributed by atoms with Crippen molar-refractivity contribution in [3.8, 4) is 23.0 Å². The van der Waals surface area contributed by atoms with Crippen LogP contribution in [0.5, 0.6) is 23.0 Å². The number of aliphatic hydroxyl groups is 1. The quantitative estimate of drug-likeness (QED) is 0.0490. The molecule has 4 aromatic carbocycles. The van der Waals surface area contributed by atoms with Crippen LogP contribution in [0, 0.1) is 5.82 Å². The summed E-state index contributed by atoms with van der Waals surface area (Å²) in [6, 6.07) is 24.9. The Morgan fingerprint density at radius 1 is 0.940 bits per heavy atom. The second-order valence-electron chi connectivity index (χ2n) is 11.2. The Kier molecular flexibility index (Phi) is 9.67. The Morgan fingerprint density at radius 3 is 2.52 bits per heavy atom. The summed E-state index contributed by atoms with van der Waals surface area (Å²) in [5.41, 5.74) is 2.04. The fourth-order valence-corrected chi connectivity index (χ4v) is 7.48. The van der Waals surface area contributed by atoms with E-state index >= 15 is 0 Å². The number of hydrogen-bond acceptors (Lipinski definition) is 11. The second kappa shape index (κ2) is 14.6.